The number of azide groups is 3. The molecule has 0 aromatic heterocycles. The molecule has 0 saturated carbocycles. The summed E-state index contributed by atoms with van der Waals surface area (Å²) in [4.78, 5) is 188. The lowest BCUT2D eigenvalue weighted by Gasteiger charge is -2.49. The molecule has 0 bridgehead atoms. The molecule has 576 valence electrons. The van der Waals surface area contributed by atoms with Crippen LogP contribution in [0, 0.1) is 0 Å². The minimum Gasteiger partial charge on any atom is -0.465 e. The van der Waals surface area contributed by atoms with E-state index in [1.165, 1.54) is 84.9 Å². The van der Waals surface area contributed by atoms with E-state index in [9.17, 15) is 74.1 Å². The summed E-state index contributed by atoms with van der Waals surface area (Å²) in [6.07, 6.45) is -29.6. The molecule has 3 aliphatic rings. The van der Waals surface area contributed by atoms with Gasteiger partial charge in [0.25, 0.3) is 17.4 Å². The normalized spacial score (nSPS) is 25.2. The van der Waals surface area contributed by atoms with Gasteiger partial charge in [0, 0.05) is 70.3 Å². The molecule has 107 heavy (non-hydrogen) atoms. The van der Waals surface area contributed by atoms with Gasteiger partial charge >= 0.3 is 77.6 Å². The van der Waals surface area contributed by atoms with E-state index >= 15 is 4.79 Å². The van der Waals surface area contributed by atoms with Gasteiger partial charge in [0.15, 0.2) is 36.6 Å². The third kappa shape index (κ3) is 22.0. The van der Waals surface area contributed by atoms with Crippen molar-refractivity contribution < 1.29 is 152 Å². The zero-order chi connectivity index (χ0) is 78.9. The van der Waals surface area contributed by atoms with Gasteiger partial charge in [-0.05, 0) is 53.0 Å². The van der Waals surface area contributed by atoms with Gasteiger partial charge < -0.3 is 90.0 Å². The molecule has 3 aromatic rings. The number of ether oxygens (including phenoxy) is 19. The summed E-state index contributed by atoms with van der Waals surface area (Å²) < 4.78 is 111. The Hall–Kier alpha value is -11.5. The average molecular weight is 1510 g/mol. The molecule has 18 atom stereocenters. The fourth-order valence-corrected chi connectivity index (χ4v) is 11.7. The molecule has 6 rings (SSSR count). The molecule has 0 amide bonds. The average Bonchev–Trinajstić information content (AvgIpc) is 0.762. The van der Waals surface area contributed by atoms with Crippen molar-refractivity contribution in [2.24, 2.45) is 15.3 Å². The molecule has 3 aromatic carbocycles. The van der Waals surface area contributed by atoms with Crippen LogP contribution in [-0.4, -0.2) is 235 Å². The lowest BCUT2D eigenvalue weighted by atomic mass is 9.87. The van der Waals surface area contributed by atoms with Gasteiger partial charge in [0.2, 0.25) is 0 Å². The van der Waals surface area contributed by atoms with Crippen LogP contribution in [0.15, 0.2) is 106 Å². The van der Waals surface area contributed by atoms with Gasteiger partial charge in [0.1, 0.15) is 61.4 Å². The molecule has 3 fully saturated rings. The first kappa shape index (κ1) is 84.4. The summed E-state index contributed by atoms with van der Waals surface area (Å²) in [5.74, 6) is -25.7. The number of nitrogens with zero attached hydrogens (tertiary/aromatic N) is 9. The number of hydrogen-bond donors (Lipinski definition) is 0. The quantitative estimate of drug-likeness (QED) is 0.0266. The minimum atomic E-state index is -3.29. The third-order valence-corrected chi connectivity index (χ3v) is 16.1. The van der Waals surface area contributed by atoms with Gasteiger partial charge in [-0.3, -0.25) is 33.6 Å². The minimum absolute atomic E-state index is 0.0753. The SMILES string of the molecule is COC(=O)[C@]1(OC)C[C@H](OC(=O)c2ccccc2)[C@@H](N=[N+]=[N-])[C@H]([C@H](OC(=O)c2ccccc2)[C@@H](CO[C@]2(C(=O)OC)C[C@H](OC(C)=O)[C@@H](N=[N+]=[N-])[C@H]([C@H](OC(C)=O)[C@@H](CO[C@]3(C(=O)OC)C[C@H](OC(C)=O)[C@@H](N=[N+]=[N-])[C@H]([C@H](OC(C)=O)[C@@H](COC(C)=O)OC(C)=O)O3)OC(C)=O)O2)OC(=O)c2ccccc2)O1. The van der Waals surface area contributed by atoms with Crippen LogP contribution in [0.5, 0.6) is 0 Å². The number of methoxy groups -OCH3 is 4. The molecule has 0 aliphatic carbocycles. The van der Waals surface area contributed by atoms with Crippen LogP contribution in [0.25, 0.3) is 31.3 Å². The van der Waals surface area contributed by atoms with Crippen LogP contribution >= 0.6 is 0 Å². The largest absolute Gasteiger partial charge is 0.465 e. The van der Waals surface area contributed by atoms with E-state index in [2.05, 4.69) is 30.1 Å². The van der Waals surface area contributed by atoms with E-state index < -0.39 is 225 Å². The van der Waals surface area contributed by atoms with E-state index in [1.54, 1.807) is 6.07 Å². The summed E-state index contributed by atoms with van der Waals surface area (Å²) in [6.45, 7) is 2.22. The first-order valence-corrected chi connectivity index (χ1v) is 32.1. The van der Waals surface area contributed by atoms with Crippen molar-refractivity contribution in [3.63, 3.8) is 0 Å². The lowest BCUT2D eigenvalue weighted by Crippen LogP contribution is -2.67. The van der Waals surface area contributed by atoms with Gasteiger partial charge in [0.05, 0.1) is 70.5 Å². The molecular formula is C66H75N9O32. The topological polar surface area (TPSA) is 544 Å². The number of rotatable bonds is 33. The molecule has 0 unspecified atom stereocenters. The first-order valence-electron chi connectivity index (χ1n) is 32.1. The predicted octanol–water partition coefficient (Wildman–Crippen LogP) is 4.51. The van der Waals surface area contributed by atoms with Crippen molar-refractivity contribution in [2.45, 2.75) is 176 Å². The van der Waals surface area contributed by atoms with Crippen molar-refractivity contribution in [3.05, 3.63) is 139 Å². The van der Waals surface area contributed by atoms with E-state index in [1.807, 2.05) is 0 Å². The van der Waals surface area contributed by atoms with Crippen LogP contribution in [0.3, 0.4) is 0 Å². The van der Waals surface area contributed by atoms with Crippen LogP contribution in [-0.2, 0) is 138 Å². The number of carbonyl (C=O) groups is 13. The summed E-state index contributed by atoms with van der Waals surface area (Å²) in [5.41, 5.74) is 30.1. The maximum atomic E-state index is 15.1. The number of esters is 13. The van der Waals surface area contributed by atoms with E-state index in [0.29, 0.717) is 0 Å². The summed E-state index contributed by atoms with van der Waals surface area (Å²) in [7, 11) is 3.43. The second-order valence-corrected chi connectivity index (χ2v) is 23.4. The summed E-state index contributed by atoms with van der Waals surface area (Å²) in [6, 6.07) is 15.0. The Bertz CT molecular complexity index is 3880. The predicted molar refractivity (Wildman–Crippen MR) is 347 cm³/mol. The molecule has 3 heterocycles. The first-order chi connectivity index (χ1) is 50.9. The Kier molecular flexibility index (Phi) is 30.8. The Morgan fingerprint density at radius 1 is 0.393 bits per heavy atom. The molecular weight excluding hydrogens is 1430 g/mol. The highest BCUT2D eigenvalue weighted by molar-refractivity contribution is 5.91. The number of benzene rings is 3. The third-order valence-electron chi connectivity index (χ3n) is 16.1. The molecule has 0 N–H and O–H groups in total. The molecule has 0 spiro atoms. The maximum Gasteiger partial charge on any atom is 0.366 e. The molecule has 41 nitrogen and oxygen atoms in total. The zero-order valence-electron chi connectivity index (χ0n) is 59.2. The summed E-state index contributed by atoms with van der Waals surface area (Å²) >= 11 is 0. The maximum absolute atomic E-state index is 15.1. The Morgan fingerprint density at radius 3 is 1.04 bits per heavy atom. The van der Waals surface area contributed by atoms with Crippen molar-refractivity contribution in [2.75, 3.05) is 48.3 Å². The van der Waals surface area contributed by atoms with Gasteiger partial charge in [-0.2, -0.15) is 0 Å². The molecule has 3 aliphatic heterocycles. The molecule has 41 heteroatoms. The number of carbonyl (C=O) groups excluding carboxylic acids is 13. The van der Waals surface area contributed by atoms with Crippen LogP contribution in [0.4, 0.5) is 0 Å². The van der Waals surface area contributed by atoms with E-state index in [0.717, 1.165) is 76.9 Å². The zero-order valence-corrected chi connectivity index (χ0v) is 59.2. The Labute approximate surface area is 607 Å². The molecule has 0 radical (unpaired) electrons. The van der Waals surface area contributed by atoms with Crippen LogP contribution in [0.2, 0.25) is 0 Å². The van der Waals surface area contributed by atoms with E-state index in [4.69, 9.17) is 90.0 Å². The highest BCUT2D eigenvalue weighted by Crippen LogP contribution is 2.44. The standard InChI is InChI=1S/C66H75N9O32/c1-33(76)93-30-46(98-36(4)79)52(100-38(6)81)55-49(70-73-67)43(96-34(2)77)28-65(106-55,62(87)90-9)94-31-47(99-37(5)80)53(101-39(7)82)56-50(71-74-68)44(97-35(3)78)29-66(107-56,63(88)91-10)95-32-48(103-59(84)41-23-17-13-18-24-41)54(104-60(85)42-25-19-14-20-26-42)57-51(72-75-69)45(27-64(92-11,105-57)61(86)89-8)102-58(83)40-21-15-12-16-22-40/h12-26,43-57H,27-32H2,1-11H3/t43-,44-,45-,46+,47+,48+,49+,50+,51+,52+,53+,54+,55+,56+,57+,64-,65+,66+/m0/s1. The fraction of sp³-hybridized carbons (Fsp3) is 0.530. The monoisotopic (exact) mass is 1510 g/mol. The van der Waals surface area contributed by atoms with Crippen LogP contribution < -0.4 is 0 Å². The van der Waals surface area contributed by atoms with Crippen molar-refractivity contribution in [3.8, 4) is 0 Å². The van der Waals surface area contributed by atoms with Crippen molar-refractivity contribution >= 4 is 77.6 Å². The molecule has 3 saturated heterocycles. The Balaban J connectivity index is 1.61. The van der Waals surface area contributed by atoms with Crippen molar-refractivity contribution in [1.82, 2.24) is 0 Å². The van der Waals surface area contributed by atoms with Gasteiger partial charge in [-0.25, -0.2) is 28.8 Å². The lowest BCUT2D eigenvalue weighted by molar-refractivity contribution is -0.330. The van der Waals surface area contributed by atoms with Gasteiger partial charge in [-0.15, -0.1) is 0 Å². The van der Waals surface area contributed by atoms with E-state index in [-0.39, 0.29) is 16.7 Å². The Morgan fingerprint density at radius 2 is 0.701 bits per heavy atom. The van der Waals surface area contributed by atoms with Crippen molar-refractivity contribution in [1.29, 1.82) is 0 Å². The highest BCUT2D eigenvalue weighted by Gasteiger charge is 2.64. The second-order valence-electron chi connectivity index (χ2n) is 23.4. The fourth-order valence-electron chi connectivity index (χ4n) is 11.7. The van der Waals surface area contributed by atoms with Gasteiger partial charge in [-0.1, -0.05) is 69.9 Å². The second kappa shape index (κ2) is 39.0. The van der Waals surface area contributed by atoms with Crippen LogP contribution in [0.1, 0.15) is 98.8 Å². The highest BCUT2D eigenvalue weighted by atomic mass is 16.8. The summed E-state index contributed by atoms with van der Waals surface area (Å²) in [5, 5.41) is 11.4. The smallest absolute Gasteiger partial charge is 0.366 e. The number of hydrogen-bond acceptors (Lipinski definition) is 35.